The van der Waals surface area contributed by atoms with Crippen LogP contribution in [0.1, 0.15) is 32.6 Å². The topological polar surface area (TPSA) is 69.8 Å². The summed E-state index contributed by atoms with van der Waals surface area (Å²) in [5.74, 6) is -0.900. The number of piperazine rings is 1. The van der Waals surface area contributed by atoms with Gasteiger partial charge in [-0.25, -0.2) is 0 Å². The number of carboxylic acid groups (broad SMARTS) is 1. The maximum atomic E-state index is 10.9. The van der Waals surface area contributed by atoms with Crippen LogP contribution in [0.2, 0.25) is 0 Å². The Balaban J connectivity index is 1.70. The van der Waals surface area contributed by atoms with Crippen molar-refractivity contribution in [2.75, 3.05) is 32.7 Å². The Hall–Kier alpha value is -0.650. The van der Waals surface area contributed by atoms with E-state index in [0.717, 1.165) is 32.1 Å². The number of nitrogens with zero attached hydrogens (tertiary/aromatic N) is 2. The second-order valence-corrected chi connectivity index (χ2v) is 5.96. The molecule has 5 nitrogen and oxygen atoms in total. The summed E-state index contributed by atoms with van der Waals surface area (Å²) in [5, 5.41) is 8.96. The van der Waals surface area contributed by atoms with Crippen molar-refractivity contribution in [2.45, 2.75) is 44.2 Å². The van der Waals surface area contributed by atoms with Crippen LogP contribution < -0.4 is 5.73 Å². The second kappa shape index (κ2) is 5.55. The average Bonchev–Trinajstić information content (AvgIpc) is 2.75. The quantitative estimate of drug-likeness (QED) is 0.742. The van der Waals surface area contributed by atoms with E-state index < -0.39 is 11.5 Å². The molecule has 0 aliphatic carbocycles. The van der Waals surface area contributed by atoms with E-state index >= 15 is 0 Å². The molecule has 2 saturated heterocycles. The van der Waals surface area contributed by atoms with Crippen LogP contribution in [0.3, 0.4) is 0 Å². The molecule has 0 aromatic carbocycles. The largest absolute Gasteiger partial charge is 0.480 e. The Bertz CT molecular complexity index is 307. The molecule has 0 saturated carbocycles. The summed E-state index contributed by atoms with van der Waals surface area (Å²) in [6.07, 6.45) is 4.07. The van der Waals surface area contributed by atoms with Gasteiger partial charge in [0.1, 0.15) is 5.54 Å². The first kappa shape index (κ1) is 13.8. The van der Waals surface area contributed by atoms with Crippen LogP contribution in [0, 0.1) is 0 Å². The van der Waals surface area contributed by atoms with Crippen molar-refractivity contribution < 1.29 is 9.90 Å². The molecule has 3 N–H and O–H groups in total. The fourth-order valence-corrected chi connectivity index (χ4v) is 3.04. The summed E-state index contributed by atoms with van der Waals surface area (Å²) in [6, 6.07) is 0.738. The highest BCUT2D eigenvalue weighted by molar-refractivity contribution is 5.77. The molecule has 0 bridgehead atoms. The van der Waals surface area contributed by atoms with Crippen molar-refractivity contribution in [1.29, 1.82) is 0 Å². The van der Waals surface area contributed by atoms with Gasteiger partial charge in [-0.3, -0.25) is 9.69 Å². The minimum absolute atomic E-state index is 0.549. The first-order valence-corrected chi connectivity index (χ1v) is 6.98. The fraction of sp³-hybridized carbons (Fsp3) is 0.923. The van der Waals surface area contributed by atoms with Crippen molar-refractivity contribution in [3.8, 4) is 0 Å². The molecule has 2 heterocycles. The van der Waals surface area contributed by atoms with Gasteiger partial charge in [0.15, 0.2) is 0 Å². The number of hydrogen-bond donors (Lipinski definition) is 2. The van der Waals surface area contributed by atoms with E-state index in [0.29, 0.717) is 6.42 Å². The van der Waals surface area contributed by atoms with Crippen molar-refractivity contribution >= 4 is 5.97 Å². The van der Waals surface area contributed by atoms with Crippen molar-refractivity contribution in [2.24, 2.45) is 5.73 Å². The zero-order valence-electron chi connectivity index (χ0n) is 11.3. The van der Waals surface area contributed by atoms with E-state index in [1.165, 1.54) is 25.9 Å². The molecule has 18 heavy (non-hydrogen) atoms. The summed E-state index contributed by atoms with van der Waals surface area (Å²) in [7, 11) is 0. The molecule has 0 aromatic heterocycles. The van der Waals surface area contributed by atoms with Crippen LogP contribution in [-0.2, 0) is 4.79 Å². The minimum atomic E-state index is -1.07. The monoisotopic (exact) mass is 255 g/mol. The zero-order valence-corrected chi connectivity index (χ0v) is 11.3. The molecule has 0 aromatic rings. The molecule has 104 valence electrons. The molecule has 2 fully saturated rings. The van der Waals surface area contributed by atoms with Crippen LogP contribution in [-0.4, -0.2) is 65.2 Å². The van der Waals surface area contributed by atoms with E-state index in [9.17, 15) is 4.79 Å². The number of hydrogen-bond acceptors (Lipinski definition) is 4. The van der Waals surface area contributed by atoms with Gasteiger partial charge in [0.05, 0.1) is 0 Å². The molecule has 2 atom stereocenters. The molecule has 2 aliphatic heterocycles. The molecule has 5 heteroatoms. The molecule has 0 radical (unpaired) electrons. The van der Waals surface area contributed by atoms with E-state index in [4.69, 9.17) is 10.8 Å². The fourth-order valence-electron chi connectivity index (χ4n) is 3.04. The lowest BCUT2D eigenvalue weighted by atomic mass is 9.97. The lowest BCUT2D eigenvalue weighted by Crippen LogP contribution is -2.50. The Morgan fingerprint density at radius 3 is 2.94 bits per heavy atom. The van der Waals surface area contributed by atoms with Gasteiger partial charge in [-0.05, 0) is 45.7 Å². The number of rotatable bonds is 5. The van der Waals surface area contributed by atoms with Crippen LogP contribution in [0.15, 0.2) is 0 Å². The van der Waals surface area contributed by atoms with Crippen molar-refractivity contribution in [3.05, 3.63) is 0 Å². The SMILES string of the molecule is CC(N)(CCCN1CCN2CCCC2C1)C(=O)O. The predicted octanol–water partition coefficient (Wildman–Crippen LogP) is 0.349. The van der Waals surface area contributed by atoms with Gasteiger partial charge in [0.25, 0.3) is 0 Å². The Kier molecular flexibility index (Phi) is 4.25. The van der Waals surface area contributed by atoms with Crippen LogP contribution >= 0.6 is 0 Å². The Morgan fingerprint density at radius 1 is 1.44 bits per heavy atom. The summed E-state index contributed by atoms with van der Waals surface area (Å²) >= 11 is 0. The number of carboxylic acids is 1. The van der Waals surface area contributed by atoms with Gasteiger partial charge in [-0.1, -0.05) is 0 Å². The van der Waals surface area contributed by atoms with Gasteiger partial charge in [0, 0.05) is 25.7 Å². The highest BCUT2D eigenvalue weighted by atomic mass is 16.4. The van der Waals surface area contributed by atoms with Crippen LogP contribution in [0.25, 0.3) is 0 Å². The normalized spacial score (nSPS) is 28.9. The predicted molar refractivity (Wildman–Crippen MR) is 70.5 cm³/mol. The van der Waals surface area contributed by atoms with Gasteiger partial charge in [-0.2, -0.15) is 0 Å². The molecular weight excluding hydrogens is 230 g/mol. The minimum Gasteiger partial charge on any atom is -0.480 e. The number of aliphatic carboxylic acids is 1. The standard InChI is InChI=1S/C13H25N3O2/c1-13(14,12(17)18)5-3-6-15-8-9-16-7-2-4-11(16)10-15/h11H,2-10,14H2,1H3,(H,17,18). The van der Waals surface area contributed by atoms with Crippen molar-refractivity contribution in [1.82, 2.24) is 9.80 Å². The molecule has 2 rings (SSSR count). The van der Waals surface area contributed by atoms with E-state index in [2.05, 4.69) is 9.80 Å². The van der Waals surface area contributed by atoms with E-state index in [1.54, 1.807) is 6.92 Å². The molecule has 0 amide bonds. The number of carbonyl (C=O) groups is 1. The maximum absolute atomic E-state index is 10.9. The summed E-state index contributed by atoms with van der Waals surface area (Å²) in [4.78, 5) is 16.0. The Labute approximate surface area is 109 Å². The lowest BCUT2D eigenvalue weighted by molar-refractivity contribution is -0.143. The smallest absolute Gasteiger partial charge is 0.323 e. The first-order chi connectivity index (χ1) is 8.49. The van der Waals surface area contributed by atoms with Gasteiger partial charge < -0.3 is 15.7 Å². The summed E-state index contributed by atoms with van der Waals surface area (Å²) in [6.45, 7) is 7.27. The first-order valence-electron chi connectivity index (χ1n) is 6.98. The molecular formula is C13H25N3O2. The highest BCUT2D eigenvalue weighted by Crippen LogP contribution is 2.21. The highest BCUT2D eigenvalue weighted by Gasteiger charge is 2.31. The van der Waals surface area contributed by atoms with Crippen LogP contribution in [0.4, 0.5) is 0 Å². The Morgan fingerprint density at radius 2 is 2.22 bits per heavy atom. The van der Waals surface area contributed by atoms with Gasteiger partial charge in [0.2, 0.25) is 0 Å². The van der Waals surface area contributed by atoms with Crippen LogP contribution in [0.5, 0.6) is 0 Å². The lowest BCUT2D eigenvalue weighted by Gasteiger charge is -2.37. The van der Waals surface area contributed by atoms with Gasteiger partial charge >= 0.3 is 5.97 Å². The zero-order chi connectivity index (χ0) is 13.2. The maximum Gasteiger partial charge on any atom is 0.323 e. The third-order valence-electron chi connectivity index (χ3n) is 4.33. The second-order valence-electron chi connectivity index (χ2n) is 5.96. The van der Waals surface area contributed by atoms with Gasteiger partial charge in [-0.15, -0.1) is 0 Å². The summed E-state index contributed by atoms with van der Waals surface area (Å²) in [5.41, 5.74) is 4.66. The van der Waals surface area contributed by atoms with E-state index in [-0.39, 0.29) is 0 Å². The third-order valence-corrected chi connectivity index (χ3v) is 4.33. The van der Waals surface area contributed by atoms with Crippen molar-refractivity contribution in [3.63, 3.8) is 0 Å². The number of nitrogens with two attached hydrogens (primary N) is 1. The van der Waals surface area contributed by atoms with E-state index in [1.807, 2.05) is 0 Å². The molecule has 2 unspecified atom stereocenters. The third kappa shape index (κ3) is 3.22. The number of fused-ring (bicyclic) bond motifs is 1. The molecule has 2 aliphatic rings. The summed E-state index contributed by atoms with van der Waals surface area (Å²) < 4.78 is 0. The average molecular weight is 255 g/mol. The molecule has 0 spiro atoms.